The van der Waals surface area contributed by atoms with Crippen molar-refractivity contribution in [2.75, 3.05) is 23.8 Å². The van der Waals surface area contributed by atoms with E-state index in [2.05, 4.69) is 5.32 Å². The van der Waals surface area contributed by atoms with Crippen LogP contribution in [0.1, 0.15) is 36.6 Å². The monoisotopic (exact) mass is 432 g/mol. The third-order valence-corrected chi connectivity index (χ3v) is 6.50. The molecule has 0 aliphatic carbocycles. The van der Waals surface area contributed by atoms with Crippen molar-refractivity contribution in [3.63, 3.8) is 0 Å². The predicted molar refractivity (Wildman–Crippen MR) is 117 cm³/mol. The Balaban J connectivity index is 1.84. The number of sulfonamides is 1. The zero-order valence-electron chi connectivity index (χ0n) is 17.9. The summed E-state index contributed by atoms with van der Waals surface area (Å²) in [5.74, 6) is 0.628. The summed E-state index contributed by atoms with van der Waals surface area (Å²) in [5, 5.41) is 2.93. The van der Waals surface area contributed by atoms with Gasteiger partial charge in [-0.15, -0.1) is 0 Å². The number of nitrogens with zero attached hydrogens (tertiary/aromatic N) is 1. The van der Waals surface area contributed by atoms with Crippen molar-refractivity contribution in [2.45, 2.75) is 39.8 Å². The number of hydrogen-bond acceptors (Lipinski definition) is 5. The number of amides is 1. The molecular formula is C22H28N2O5S. The number of nitrogens with one attached hydrogen (secondary N) is 1. The first-order valence-corrected chi connectivity index (χ1v) is 11.7. The molecule has 3 rings (SSSR count). The molecule has 0 spiro atoms. The molecule has 30 heavy (non-hydrogen) atoms. The summed E-state index contributed by atoms with van der Waals surface area (Å²) in [6, 6.07) is 9.65. The first-order valence-electron chi connectivity index (χ1n) is 9.84. The topological polar surface area (TPSA) is 84.9 Å². The average molecular weight is 433 g/mol. The lowest BCUT2D eigenvalue weighted by Crippen LogP contribution is -2.48. The van der Waals surface area contributed by atoms with E-state index in [-0.39, 0.29) is 11.9 Å². The number of ether oxygens (including phenoxy) is 2. The van der Waals surface area contributed by atoms with Crippen molar-refractivity contribution in [2.24, 2.45) is 0 Å². The maximum Gasteiger partial charge on any atom is 0.244 e. The molecule has 0 saturated heterocycles. The van der Waals surface area contributed by atoms with Crippen LogP contribution in [-0.2, 0) is 14.8 Å². The maximum atomic E-state index is 13.0. The van der Waals surface area contributed by atoms with Gasteiger partial charge in [0.05, 0.1) is 18.0 Å². The van der Waals surface area contributed by atoms with Crippen LogP contribution in [0, 0.1) is 13.8 Å². The fraction of sp³-hybridized carbons (Fsp3) is 0.409. The second-order valence-corrected chi connectivity index (χ2v) is 9.50. The molecule has 1 amide bonds. The summed E-state index contributed by atoms with van der Waals surface area (Å²) in [5.41, 5.74) is 3.62. The van der Waals surface area contributed by atoms with Crippen LogP contribution in [0.5, 0.6) is 11.5 Å². The minimum atomic E-state index is -3.73. The normalized spacial score (nSPS) is 15.2. The molecule has 2 aromatic carbocycles. The molecule has 1 heterocycles. The van der Waals surface area contributed by atoms with Gasteiger partial charge in [-0.25, -0.2) is 8.42 Å². The molecule has 8 heteroatoms. The summed E-state index contributed by atoms with van der Waals surface area (Å²) >= 11 is 0. The fourth-order valence-corrected chi connectivity index (χ4v) is 4.60. The Morgan fingerprint density at radius 2 is 1.67 bits per heavy atom. The van der Waals surface area contributed by atoms with Crippen LogP contribution >= 0.6 is 0 Å². The Morgan fingerprint density at radius 3 is 2.30 bits per heavy atom. The van der Waals surface area contributed by atoms with E-state index in [0.717, 1.165) is 21.7 Å². The largest absolute Gasteiger partial charge is 0.486 e. The van der Waals surface area contributed by atoms with Gasteiger partial charge in [0.1, 0.15) is 19.3 Å². The quantitative estimate of drug-likeness (QED) is 0.758. The number of fused-ring (bicyclic) bond motifs is 1. The zero-order chi connectivity index (χ0) is 22.1. The Labute approximate surface area is 178 Å². The number of hydrogen-bond donors (Lipinski definition) is 1. The molecule has 0 fully saturated rings. The van der Waals surface area contributed by atoms with Gasteiger partial charge in [0.2, 0.25) is 15.9 Å². The van der Waals surface area contributed by atoms with E-state index in [4.69, 9.17) is 9.47 Å². The first-order chi connectivity index (χ1) is 14.1. The molecule has 1 aliphatic rings. The number of carbonyl (C=O) groups is 1. The van der Waals surface area contributed by atoms with Crippen LogP contribution in [0.4, 0.5) is 5.69 Å². The van der Waals surface area contributed by atoms with Crippen LogP contribution in [0.2, 0.25) is 0 Å². The van der Waals surface area contributed by atoms with Crippen molar-refractivity contribution < 1.29 is 22.7 Å². The summed E-state index contributed by atoms with van der Waals surface area (Å²) in [6.45, 7) is 8.32. The van der Waals surface area contributed by atoms with Gasteiger partial charge >= 0.3 is 0 Å². The van der Waals surface area contributed by atoms with Gasteiger partial charge in [-0.05, 0) is 56.5 Å². The van der Waals surface area contributed by atoms with Gasteiger partial charge in [0.15, 0.2) is 11.5 Å². The molecule has 0 radical (unpaired) electrons. The molecule has 162 valence electrons. The summed E-state index contributed by atoms with van der Waals surface area (Å²) in [6.07, 6.45) is 1.08. The van der Waals surface area contributed by atoms with Gasteiger partial charge in [0.25, 0.3) is 0 Å². The molecule has 7 nitrogen and oxygen atoms in total. The molecular weight excluding hydrogens is 404 g/mol. The lowest BCUT2D eigenvalue weighted by atomic mass is 10.0. The van der Waals surface area contributed by atoms with Crippen molar-refractivity contribution in [1.29, 1.82) is 0 Å². The number of anilines is 1. The van der Waals surface area contributed by atoms with Crippen LogP contribution < -0.4 is 19.1 Å². The SMILES string of the molecule is Cc1ccc([C@@H](C)NC(=O)[C@@H](C)N(c2ccc3c(c2)OCCO3)S(C)(=O)=O)cc1C. The van der Waals surface area contributed by atoms with Crippen LogP contribution in [0.25, 0.3) is 0 Å². The van der Waals surface area contributed by atoms with E-state index in [1.54, 1.807) is 25.1 Å². The molecule has 0 unspecified atom stereocenters. The van der Waals surface area contributed by atoms with Crippen LogP contribution in [0.3, 0.4) is 0 Å². The van der Waals surface area contributed by atoms with E-state index in [0.29, 0.717) is 30.4 Å². The fourth-order valence-electron chi connectivity index (χ4n) is 3.43. The van der Waals surface area contributed by atoms with Gasteiger partial charge in [-0.3, -0.25) is 9.10 Å². The highest BCUT2D eigenvalue weighted by Crippen LogP contribution is 2.35. The van der Waals surface area contributed by atoms with E-state index in [9.17, 15) is 13.2 Å². The average Bonchev–Trinajstić information content (AvgIpc) is 2.68. The molecule has 1 N–H and O–H groups in total. The maximum absolute atomic E-state index is 13.0. The number of rotatable bonds is 6. The Kier molecular flexibility index (Phi) is 6.26. The van der Waals surface area contributed by atoms with Crippen molar-refractivity contribution >= 4 is 21.6 Å². The summed E-state index contributed by atoms with van der Waals surface area (Å²) in [7, 11) is -3.73. The van der Waals surface area contributed by atoms with Crippen molar-refractivity contribution in [1.82, 2.24) is 5.32 Å². The van der Waals surface area contributed by atoms with Gasteiger partial charge in [-0.1, -0.05) is 18.2 Å². The number of aryl methyl sites for hydroxylation is 2. The van der Waals surface area contributed by atoms with E-state index in [1.165, 1.54) is 5.56 Å². The predicted octanol–water partition coefficient (Wildman–Crippen LogP) is 3.11. The molecule has 2 aromatic rings. The lowest BCUT2D eigenvalue weighted by molar-refractivity contribution is -0.122. The second kappa shape index (κ2) is 8.55. The lowest BCUT2D eigenvalue weighted by Gasteiger charge is -2.30. The molecule has 2 atom stereocenters. The number of carbonyl (C=O) groups excluding carboxylic acids is 1. The highest BCUT2D eigenvalue weighted by Gasteiger charge is 2.31. The van der Waals surface area contributed by atoms with Crippen LogP contribution in [-0.4, -0.2) is 39.8 Å². The third-order valence-electron chi connectivity index (χ3n) is 5.26. The second-order valence-electron chi connectivity index (χ2n) is 7.64. The molecule has 0 bridgehead atoms. The standard InChI is InChI=1S/C22H28N2O5S/c1-14-6-7-18(12-15(14)2)16(3)23-22(25)17(4)24(30(5,26)27)19-8-9-20-21(13-19)29-11-10-28-20/h6-9,12-13,16-17H,10-11H2,1-5H3,(H,23,25)/t16-,17-/m1/s1. The van der Waals surface area contributed by atoms with Gasteiger partial charge in [-0.2, -0.15) is 0 Å². The minimum Gasteiger partial charge on any atom is -0.486 e. The van der Waals surface area contributed by atoms with E-state index in [1.807, 2.05) is 39.0 Å². The van der Waals surface area contributed by atoms with E-state index < -0.39 is 16.1 Å². The van der Waals surface area contributed by atoms with Crippen LogP contribution in [0.15, 0.2) is 36.4 Å². The first kappa shape index (κ1) is 22.0. The Morgan fingerprint density at radius 1 is 1.00 bits per heavy atom. The van der Waals surface area contributed by atoms with Crippen molar-refractivity contribution in [3.8, 4) is 11.5 Å². The molecule has 0 aromatic heterocycles. The minimum absolute atomic E-state index is 0.263. The third kappa shape index (κ3) is 4.70. The zero-order valence-corrected chi connectivity index (χ0v) is 18.7. The van der Waals surface area contributed by atoms with E-state index >= 15 is 0 Å². The Hall–Kier alpha value is -2.74. The highest BCUT2D eigenvalue weighted by atomic mass is 32.2. The molecule has 0 saturated carbocycles. The summed E-state index contributed by atoms with van der Waals surface area (Å²) < 4.78 is 37.3. The van der Waals surface area contributed by atoms with Gasteiger partial charge < -0.3 is 14.8 Å². The van der Waals surface area contributed by atoms with Gasteiger partial charge in [0, 0.05) is 6.07 Å². The summed E-state index contributed by atoms with van der Waals surface area (Å²) in [4.78, 5) is 13.0. The number of benzene rings is 2. The Bertz CT molecular complexity index is 1050. The highest BCUT2D eigenvalue weighted by molar-refractivity contribution is 7.92. The van der Waals surface area contributed by atoms with Crippen molar-refractivity contribution in [3.05, 3.63) is 53.1 Å². The molecule has 1 aliphatic heterocycles. The smallest absolute Gasteiger partial charge is 0.244 e.